The summed E-state index contributed by atoms with van der Waals surface area (Å²) in [6, 6.07) is 17.4. The highest BCUT2D eigenvalue weighted by atomic mass is 32.2. The average molecular weight is 395 g/mol. The van der Waals surface area contributed by atoms with Crippen molar-refractivity contribution in [3.8, 4) is 11.4 Å². The Morgan fingerprint density at radius 1 is 1.18 bits per heavy atom. The van der Waals surface area contributed by atoms with Crippen LogP contribution in [0, 0.1) is 0 Å². The number of aromatic nitrogens is 3. The van der Waals surface area contributed by atoms with Crippen molar-refractivity contribution in [3.63, 3.8) is 0 Å². The Labute approximate surface area is 168 Å². The van der Waals surface area contributed by atoms with Gasteiger partial charge in [0.05, 0.1) is 23.7 Å². The van der Waals surface area contributed by atoms with E-state index >= 15 is 0 Å². The molecule has 1 fully saturated rings. The first-order valence-corrected chi connectivity index (χ1v) is 10.2. The van der Waals surface area contributed by atoms with Crippen molar-refractivity contribution >= 4 is 23.4 Å². The normalized spacial score (nSPS) is 14.5. The number of nitrogens with zero attached hydrogens (tertiary/aromatic N) is 3. The van der Waals surface area contributed by atoms with E-state index in [1.165, 1.54) is 11.8 Å². The summed E-state index contributed by atoms with van der Waals surface area (Å²) in [5.41, 5.74) is 1.65. The molecule has 1 aliphatic carbocycles. The summed E-state index contributed by atoms with van der Waals surface area (Å²) in [4.78, 5) is 17.4. The molecular weight excluding hydrogens is 372 g/mol. The molecule has 1 saturated carbocycles. The van der Waals surface area contributed by atoms with Gasteiger partial charge in [-0.1, -0.05) is 42.1 Å². The number of carbonyl (C=O) groups excluding carboxylic acids is 1. The maximum atomic E-state index is 12.6. The molecule has 0 radical (unpaired) electrons. The smallest absolute Gasteiger partial charge is 0.237 e. The molecule has 0 unspecified atom stereocenters. The largest absolute Gasteiger partial charge is 0.495 e. The van der Waals surface area contributed by atoms with E-state index in [0.717, 1.165) is 24.4 Å². The predicted molar refractivity (Wildman–Crippen MR) is 110 cm³/mol. The van der Waals surface area contributed by atoms with Crippen molar-refractivity contribution in [3.05, 3.63) is 60.4 Å². The molecule has 1 amide bonds. The van der Waals surface area contributed by atoms with Gasteiger partial charge in [0, 0.05) is 5.92 Å². The van der Waals surface area contributed by atoms with Gasteiger partial charge in [-0.2, -0.15) is 0 Å². The molecule has 0 spiro atoms. The van der Waals surface area contributed by atoms with E-state index < -0.39 is 0 Å². The van der Waals surface area contributed by atoms with Gasteiger partial charge in [-0.15, -0.1) is 5.10 Å². The number of thioether (sulfide) groups is 1. The van der Waals surface area contributed by atoms with E-state index in [-0.39, 0.29) is 11.2 Å². The Hall–Kier alpha value is -2.80. The second kappa shape index (κ2) is 8.06. The molecule has 1 heterocycles. The van der Waals surface area contributed by atoms with Gasteiger partial charge in [0.1, 0.15) is 11.6 Å². The molecule has 6 nitrogen and oxygen atoms in total. The lowest BCUT2D eigenvalue weighted by Crippen LogP contribution is -2.22. The monoisotopic (exact) mass is 394 g/mol. The van der Waals surface area contributed by atoms with Gasteiger partial charge in [-0.05, 0) is 44.0 Å². The number of para-hydroxylation sites is 3. The molecule has 3 aromatic rings. The highest BCUT2D eigenvalue weighted by molar-refractivity contribution is 8.00. The minimum absolute atomic E-state index is 0.112. The maximum Gasteiger partial charge on any atom is 0.237 e. The van der Waals surface area contributed by atoms with Crippen LogP contribution in [0.5, 0.6) is 5.75 Å². The van der Waals surface area contributed by atoms with Crippen molar-refractivity contribution in [2.45, 2.75) is 36.1 Å². The lowest BCUT2D eigenvalue weighted by molar-refractivity contribution is -0.115. The van der Waals surface area contributed by atoms with Gasteiger partial charge in [-0.3, -0.25) is 4.79 Å². The van der Waals surface area contributed by atoms with Crippen molar-refractivity contribution in [2.24, 2.45) is 0 Å². The average Bonchev–Trinajstić information content (AvgIpc) is 3.49. The number of hydrogen-bond acceptors (Lipinski definition) is 5. The van der Waals surface area contributed by atoms with Crippen LogP contribution in [0.3, 0.4) is 0 Å². The van der Waals surface area contributed by atoms with E-state index in [0.29, 0.717) is 22.5 Å². The Kier molecular flexibility index (Phi) is 5.34. The lowest BCUT2D eigenvalue weighted by Gasteiger charge is -2.12. The zero-order valence-corrected chi connectivity index (χ0v) is 16.6. The molecule has 1 N–H and O–H groups in total. The third-order valence-corrected chi connectivity index (χ3v) is 5.52. The predicted octanol–water partition coefficient (Wildman–Crippen LogP) is 4.27. The van der Waals surface area contributed by atoms with Gasteiger partial charge in [0.15, 0.2) is 0 Å². The maximum absolute atomic E-state index is 12.6. The topological polar surface area (TPSA) is 69.0 Å². The summed E-state index contributed by atoms with van der Waals surface area (Å²) in [5.74, 6) is 1.96. The number of carbonyl (C=O) groups is 1. The van der Waals surface area contributed by atoms with Crippen molar-refractivity contribution < 1.29 is 9.53 Å². The van der Waals surface area contributed by atoms with Crippen molar-refractivity contribution in [2.75, 3.05) is 12.4 Å². The molecule has 7 heteroatoms. The first kappa shape index (κ1) is 18.6. The fourth-order valence-corrected chi connectivity index (χ4v) is 3.67. The number of rotatable bonds is 7. The number of anilines is 1. The van der Waals surface area contributed by atoms with Crippen LogP contribution < -0.4 is 10.1 Å². The van der Waals surface area contributed by atoms with E-state index in [2.05, 4.69) is 10.4 Å². The molecule has 4 rings (SSSR count). The van der Waals surface area contributed by atoms with Gasteiger partial charge in [0.2, 0.25) is 11.1 Å². The zero-order chi connectivity index (χ0) is 19.5. The fraction of sp³-hybridized carbons (Fsp3) is 0.286. The van der Waals surface area contributed by atoms with Crippen LogP contribution in [-0.4, -0.2) is 33.0 Å². The molecule has 28 heavy (non-hydrogen) atoms. The quantitative estimate of drug-likeness (QED) is 0.606. The van der Waals surface area contributed by atoms with Gasteiger partial charge in [0.25, 0.3) is 0 Å². The van der Waals surface area contributed by atoms with Crippen molar-refractivity contribution in [1.82, 2.24) is 14.8 Å². The van der Waals surface area contributed by atoms with Crippen LogP contribution in [0.2, 0.25) is 0 Å². The lowest BCUT2D eigenvalue weighted by atomic mass is 10.3. The molecule has 1 aromatic heterocycles. The SMILES string of the molecule is COc1ccccc1NC(=O)[C@H](C)Sc1nc(C2CC2)n(-c2ccccc2)n1. The molecule has 0 bridgehead atoms. The Morgan fingerprint density at radius 2 is 1.89 bits per heavy atom. The van der Waals surface area contributed by atoms with E-state index in [4.69, 9.17) is 9.72 Å². The number of hydrogen-bond donors (Lipinski definition) is 1. The summed E-state index contributed by atoms with van der Waals surface area (Å²) < 4.78 is 7.20. The van der Waals surface area contributed by atoms with Crippen LogP contribution in [0.15, 0.2) is 59.8 Å². The number of amides is 1. The van der Waals surface area contributed by atoms with E-state index in [1.807, 2.05) is 66.2 Å². The van der Waals surface area contributed by atoms with E-state index in [9.17, 15) is 4.79 Å². The Morgan fingerprint density at radius 3 is 2.61 bits per heavy atom. The Bertz CT molecular complexity index is 970. The van der Waals surface area contributed by atoms with Crippen LogP contribution in [0.1, 0.15) is 31.5 Å². The van der Waals surface area contributed by atoms with Gasteiger partial charge >= 0.3 is 0 Å². The molecule has 144 valence electrons. The third-order valence-electron chi connectivity index (χ3n) is 4.57. The molecule has 0 aliphatic heterocycles. The minimum atomic E-state index is -0.344. The molecule has 2 aromatic carbocycles. The Balaban J connectivity index is 1.50. The van der Waals surface area contributed by atoms with Gasteiger partial charge in [-0.25, -0.2) is 9.67 Å². The summed E-state index contributed by atoms with van der Waals surface area (Å²) in [6.45, 7) is 1.86. The summed E-state index contributed by atoms with van der Waals surface area (Å²) in [6.07, 6.45) is 2.28. The first-order chi connectivity index (χ1) is 13.7. The van der Waals surface area contributed by atoms with Crippen LogP contribution in [0.4, 0.5) is 5.69 Å². The van der Waals surface area contributed by atoms with Crippen molar-refractivity contribution in [1.29, 1.82) is 0 Å². The standard InChI is InChI=1S/C21H22N4O2S/c1-14(20(26)22-17-10-6-7-11-18(17)27-2)28-21-23-19(15-12-13-15)25(24-21)16-8-4-3-5-9-16/h3-11,14-15H,12-13H2,1-2H3,(H,22,26)/t14-/m0/s1. The molecule has 1 atom stereocenters. The number of nitrogens with one attached hydrogen (secondary N) is 1. The van der Waals surface area contributed by atoms with Crippen LogP contribution in [0.25, 0.3) is 5.69 Å². The molecular formula is C21H22N4O2S. The third kappa shape index (κ3) is 4.04. The summed E-state index contributed by atoms with van der Waals surface area (Å²) >= 11 is 1.36. The van der Waals surface area contributed by atoms with Crippen LogP contribution in [-0.2, 0) is 4.79 Å². The second-order valence-electron chi connectivity index (χ2n) is 6.72. The van der Waals surface area contributed by atoms with Crippen LogP contribution >= 0.6 is 11.8 Å². The highest BCUT2D eigenvalue weighted by Crippen LogP contribution is 2.40. The van der Waals surface area contributed by atoms with Gasteiger partial charge < -0.3 is 10.1 Å². The zero-order valence-electron chi connectivity index (χ0n) is 15.8. The first-order valence-electron chi connectivity index (χ1n) is 9.28. The molecule has 1 aliphatic rings. The second-order valence-corrected chi connectivity index (χ2v) is 8.03. The minimum Gasteiger partial charge on any atom is -0.495 e. The number of ether oxygens (including phenoxy) is 1. The van der Waals surface area contributed by atoms with E-state index in [1.54, 1.807) is 7.11 Å². The number of methoxy groups -OCH3 is 1. The summed E-state index contributed by atoms with van der Waals surface area (Å²) in [5, 5.41) is 7.87. The fourth-order valence-electron chi connectivity index (χ4n) is 2.91. The summed E-state index contributed by atoms with van der Waals surface area (Å²) in [7, 11) is 1.59. The number of benzene rings is 2. The highest BCUT2D eigenvalue weighted by Gasteiger charge is 2.31. The molecule has 0 saturated heterocycles.